The van der Waals surface area contributed by atoms with Gasteiger partial charge in [-0.25, -0.2) is 15.0 Å². The summed E-state index contributed by atoms with van der Waals surface area (Å²) in [5, 5.41) is 1.68. The molecule has 0 radical (unpaired) electrons. The summed E-state index contributed by atoms with van der Waals surface area (Å²) in [7, 11) is 2.22. The SMILES string of the molecule is CN1CCN(C2CCC(n3cc(-c4ccc5nc(Cc6ccccc6Cl)[nH]c5c4)c4c(N)ncnc43)CC2)CC1. The van der Waals surface area contributed by atoms with E-state index in [1.807, 2.05) is 24.3 Å². The molecule has 0 atom stereocenters. The summed E-state index contributed by atoms with van der Waals surface area (Å²) >= 11 is 6.40. The van der Waals surface area contributed by atoms with Crippen LogP contribution in [0.25, 0.3) is 33.2 Å². The fourth-order valence-corrected chi connectivity index (χ4v) is 6.83. The number of rotatable bonds is 5. The van der Waals surface area contributed by atoms with Crippen LogP contribution in [0.5, 0.6) is 0 Å². The molecule has 3 N–H and O–H groups in total. The van der Waals surface area contributed by atoms with E-state index in [9.17, 15) is 0 Å². The fourth-order valence-electron chi connectivity index (χ4n) is 6.63. The maximum Gasteiger partial charge on any atom is 0.146 e. The van der Waals surface area contributed by atoms with E-state index in [1.165, 1.54) is 39.0 Å². The molecule has 3 aromatic heterocycles. The van der Waals surface area contributed by atoms with Crippen molar-refractivity contribution >= 4 is 39.5 Å². The molecule has 1 saturated carbocycles. The predicted molar refractivity (Wildman–Crippen MR) is 162 cm³/mol. The Bertz CT molecular complexity index is 1660. The number of hydrogen-bond donors (Lipinski definition) is 2. The van der Waals surface area contributed by atoms with Crippen LogP contribution in [0, 0.1) is 0 Å². The third kappa shape index (κ3) is 4.74. The van der Waals surface area contributed by atoms with E-state index in [0.717, 1.165) is 62.4 Å². The number of aromatic amines is 1. The lowest BCUT2D eigenvalue weighted by molar-refractivity contribution is 0.0828. The van der Waals surface area contributed by atoms with Gasteiger partial charge >= 0.3 is 0 Å². The van der Waals surface area contributed by atoms with Crippen molar-refractivity contribution in [3.05, 3.63) is 71.4 Å². The van der Waals surface area contributed by atoms with Gasteiger partial charge in [-0.15, -0.1) is 0 Å². The number of piperazine rings is 1. The molecule has 1 aliphatic heterocycles. The molecule has 0 amide bonds. The van der Waals surface area contributed by atoms with Crippen LogP contribution in [0.1, 0.15) is 43.1 Å². The summed E-state index contributed by atoms with van der Waals surface area (Å²) in [5.41, 5.74) is 12.5. The number of anilines is 1. The molecule has 40 heavy (non-hydrogen) atoms. The minimum atomic E-state index is 0.410. The highest BCUT2D eigenvalue weighted by molar-refractivity contribution is 6.31. The minimum absolute atomic E-state index is 0.410. The van der Waals surface area contributed by atoms with Crippen LogP contribution < -0.4 is 5.73 Å². The first-order valence-corrected chi connectivity index (χ1v) is 14.7. The summed E-state index contributed by atoms with van der Waals surface area (Å²) < 4.78 is 2.36. The first-order chi connectivity index (χ1) is 19.5. The van der Waals surface area contributed by atoms with Gasteiger partial charge < -0.3 is 20.2 Å². The number of nitrogens with zero attached hydrogens (tertiary/aromatic N) is 6. The Morgan fingerprint density at radius 2 is 1.75 bits per heavy atom. The maximum atomic E-state index is 6.48. The Morgan fingerprint density at radius 3 is 2.55 bits per heavy atom. The van der Waals surface area contributed by atoms with E-state index in [-0.39, 0.29) is 0 Å². The fraction of sp³-hybridized carbons (Fsp3) is 0.387. The standard InChI is InChI=1S/C31H35ClN8/c1-38-12-14-39(15-13-38)22-7-9-23(10-8-22)40-18-24(29-30(33)34-19-35-31(29)40)20-6-11-26-27(16-20)37-28(36-26)17-21-4-2-3-5-25(21)32/h2-6,11,16,18-19,22-23H,7-10,12-15,17H2,1H3,(H,36,37)(H2,33,34,35). The van der Waals surface area contributed by atoms with Crippen LogP contribution in [0.15, 0.2) is 55.0 Å². The van der Waals surface area contributed by atoms with E-state index < -0.39 is 0 Å². The average molecular weight is 555 g/mol. The Morgan fingerprint density at radius 1 is 0.975 bits per heavy atom. The molecule has 2 aliphatic rings. The number of nitrogen functional groups attached to an aromatic ring is 1. The lowest BCUT2D eigenvalue weighted by Gasteiger charge is -2.41. The molecule has 4 heterocycles. The number of likely N-dealkylation sites (N-methyl/N-ethyl adjacent to an activating group) is 1. The molecular formula is C31H35ClN8. The number of imidazole rings is 1. The second-order valence-electron chi connectivity index (χ2n) is 11.4. The molecule has 0 spiro atoms. The van der Waals surface area contributed by atoms with Gasteiger partial charge in [0.05, 0.1) is 16.4 Å². The zero-order valence-corrected chi connectivity index (χ0v) is 23.6. The van der Waals surface area contributed by atoms with Crippen molar-refractivity contribution in [1.29, 1.82) is 0 Å². The van der Waals surface area contributed by atoms with Crippen LogP contribution in [0.3, 0.4) is 0 Å². The molecule has 2 aromatic carbocycles. The van der Waals surface area contributed by atoms with Gasteiger partial charge in [0.25, 0.3) is 0 Å². The summed E-state index contributed by atoms with van der Waals surface area (Å²) in [6, 6.07) is 15.4. The number of nitrogens with two attached hydrogens (primary N) is 1. The third-order valence-corrected chi connectivity index (χ3v) is 9.28. The van der Waals surface area contributed by atoms with Crippen molar-refractivity contribution in [3.8, 4) is 11.1 Å². The molecule has 1 saturated heterocycles. The largest absolute Gasteiger partial charge is 0.383 e. The zero-order chi connectivity index (χ0) is 27.2. The lowest BCUT2D eigenvalue weighted by atomic mass is 9.89. The highest BCUT2D eigenvalue weighted by Gasteiger charge is 2.30. The van der Waals surface area contributed by atoms with Gasteiger partial charge in [-0.05, 0) is 62.1 Å². The van der Waals surface area contributed by atoms with E-state index in [1.54, 1.807) is 6.33 Å². The quantitative estimate of drug-likeness (QED) is 0.297. The Hall–Kier alpha value is -3.46. The lowest BCUT2D eigenvalue weighted by Crippen LogP contribution is -2.49. The van der Waals surface area contributed by atoms with Gasteiger partial charge in [0.15, 0.2) is 0 Å². The van der Waals surface area contributed by atoms with E-state index in [2.05, 4.69) is 55.8 Å². The van der Waals surface area contributed by atoms with Crippen LogP contribution in [0.4, 0.5) is 5.82 Å². The van der Waals surface area contributed by atoms with Crippen molar-refractivity contribution < 1.29 is 0 Å². The highest BCUT2D eigenvalue weighted by atomic mass is 35.5. The molecular weight excluding hydrogens is 520 g/mol. The minimum Gasteiger partial charge on any atom is -0.383 e. The number of nitrogens with one attached hydrogen (secondary N) is 1. The van der Waals surface area contributed by atoms with Crippen molar-refractivity contribution in [1.82, 2.24) is 34.3 Å². The first-order valence-electron chi connectivity index (χ1n) is 14.3. The van der Waals surface area contributed by atoms with Crippen molar-refractivity contribution in [2.45, 2.75) is 44.2 Å². The third-order valence-electron chi connectivity index (χ3n) is 8.91. The van der Waals surface area contributed by atoms with Gasteiger partial charge in [0.1, 0.15) is 23.6 Å². The number of fused-ring (bicyclic) bond motifs is 2. The van der Waals surface area contributed by atoms with Gasteiger partial charge in [0, 0.05) is 61.5 Å². The molecule has 1 aliphatic carbocycles. The monoisotopic (exact) mass is 554 g/mol. The summed E-state index contributed by atoms with van der Waals surface area (Å²) in [4.78, 5) is 22.5. The molecule has 8 nitrogen and oxygen atoms in total. The Balaban J connectivity index is 1.17. The van der Waals surface area contributed by atoms with E-state index >= 15 is 0 Å². The van der Waals surface area contributed by atoms with Crippen LogP contribution in [-0.4, -0.2) is 73.6 Å². The number of halogens is 1. The van der Waals surface area contributed by atoms with Gasteiger partial charge in [-0.1, -0.05) is 35.9 Å². The molecule has 9 heteroatoms. The summed E-state index contributed by atoms with van der Waals surface area (Å²) in [5.74, 6) is 1.41. The van der Waals surface area contributed by atoms with Crippen LogP contribution in [0.2, 0.25) is 5.02 Å². The average Bonchev–Trinajstić information content (AvgIpc) is 3.56. The molecule has 5 aromatic rings. The van der Waals surface area contributed by atoms with Gasteiger partial charge in [0.2, 0.25) is 0 Å². The molecule has 2 fully saturated rings. The summed E-state index contributed by atoms with van der Waals surface area (Å²) in [6.45, 7) is 4.71. The highest BCUT2D eigenvalue weighted by Crippen LogP contribution is 2.39. The maximum absolute atomic E-state index is 6.48. The van der Waals surface area contributed by atoms with E-state index in [4.69, 9.17) is 27.3 Å². The zero-order valence-electron chi connectivity index (χ0n) is 22.9. The first kappa shape index (κ1) is 25.5. The molecule has 0 unspecified atom stereocenters. The second-order valence-corrected chi connectivity index (χ2v) is 11.8. The van der Waals surface area contributed by atoms with E-state index in [0.29, 0.717) is 24.3 Å². The molecule has 7 rings (SSSR count). The number of benzene rings is 2. The van der Waals surface area contributed by atoms with Crippen LogP contribution in [-0.2, 0) is 6.42 Å². The Kier molecular flexibility index (Phi) is 6.70. The van der Waals surface area contributed by atoms with Crippen molar-refractivity contribution in [3.63, 3.8) is 0 Å². The van der Waals surface area contributed by atoms with Crippen molar-refractivity contribution in [2.75, 3.05) is 39.0 Å². The van der Waals surface area contributed by atoms with Crippen LogP contribution >= 0.6 is 11.6 Å². The number of H-pyrrole nitrogens is 1. The second kappa shape index (κ2) is 10.5. The summed E-state index contributed by atoms with van der Waals surface area (Å²) in [6.07, 6.45) is 9.23. The predicted octanol–water partition coefficient (Wildman–Crippen LogP) is 5.53. The smallest absolute Gasteiger partial charge is 0.146 e. The van der Waals surface area contributed by atoms with Gasteiger partial charge in [-0.2, -0.15) is 0 Å². The molecule has 206 valence electrons. The van der Waals surface area contributed by atoms with Gasteiger partial charge in [-0.3, -0.25) is 4.90 Å². The number of hydrogen-bond acceptors (Lipinski definition) is 6. The normalized spacial score (nSPS) is 20.9. The van der Waals surface area contributed by atoms with Crippen molar-refractivity contribution in [2.24, 2.45) is 0 Å². The topological polar surface area (TPSA) is 91.9 Å². The molecule has 0 bridgehead atoms. The Labute approximate surface area is 239 Å². The number of aromatic nitrogens is 5.